The predicted octanol–water partition coefficient (Wildman–Crippen LogP) is 1.29. The van der Waals surface area contributed by atoms with Gasteiger partial charge in [0.25, 0.3) is 0 Å². The third-order valence-electron chi connectivity index (χ3n) is 1.21. The molecule has 0 heterocycles. The molecule has 0 aliphatic carbocycles. The van der Waals surface area contributed by atoms with Gasteiger partial charge in [0.05, 0.1) is 0 Å². The summed E-state index contributed by atoms with van der Waals surface area (Å²) in [5.74, 6) is -5.41. The van der Waals surface area contributed by atoms with E-state index in [1.807, 2.05) is 0 Å². The smallest absolute Gasteiger partial charge is 0.299 e. The van der Waals surface area contributed by atoms with E-state index in [0.717, 1.165) is 0 Å². The van der Waals surface area contributed by atoms with E-state index in [1.165, 1.54) is 0 Å². The van der Waals surface area contributed by atoms with Crippen molar-refractivity contribution in [1.29, 1.82) is 0 Å². The number of hydrogen-bond donors (Lipinski definition) is 0. The van der Waals surface area contributed by atoms with Crippen molar-refractivity contribution in [3.63, 3.8) is 0 Å². The van der Waals surface area contributed by atoms with E-state index >= 15 is 0 Å². The Bertz CT molecular complexity index is 222. The molecule has 2 nitrogen and oxygen atoms in total. The maximum Gasteiger partial charge on any atom is 0.436 e. The van der Waals surface area contributed by atoms with Crippen LogP contribution in [0.3, 0.4) is 0 Å². The van der Waals surface area contributed by atoms with Gasteiger partial charge in [-0.2, -0.15) is 22.0 Å². The molecule has 0 rings (SSSR count). The molecule has 0 saturated heterocycles. The lowest BCUT2D eigenvalue weighted by molar-refractivity contribution is -0.272. The van der Waals surface area contributed by atoms with E-state index in [9.17, 15) is 35.9 Å². The third kappa shape index (κ3) is 1.65. The summed E-state index contributed by atoms with van der Waals surface area (Å²) < 4.78 is 71.0. The van der Waals surface area contributed by atoms with Crippen molar-refractivity contribution in [2.75, 3.05) is 0 Å². The van der Waals surface area contributed by atoms with Crippen LogP contribution in [0.1, 0.15) is 0 Å². The highest BCUT2D eigenvalue weighted by Gasteiger charge is 2.71. The summed E-state index contributed by atoms with van der Waals surface area (Å²) >= 11 is 0. The zero-order chi connectivity index (χ0) is 10.9. The van der Waals surface area contributed by atoms with Gasteiger partial charge in [-0.05, 0) is 0 Å². The lowest BCUT2D eigenvalue weighted by Crippen LogP contribution is -2.57. The summed E-state index contributed by atoms with van der Waals surface area (Å²) in [7, 11) is 0. The SMILES string of the molecule is O=CC(F)(F)C(F)(C=O)C(F)(F)F. The van der Waals surface area contributed by atoms with Gasteiger partial charge in [-0.25, -0.2) is 4.39 Å². The fourth-order valence-electron chi connectivity index (χ4n) is 0.420. The largest absolute Gasteiger partial charge is 0.436 e. The van der Waals surface area contributed by atoms with E-state index in [4.69, 9.17) is 0 Å². The Labute approximate surface area is 67.5 Å². The molecule has 13 heavy (non-hydrogen) atoms. The summed E-state index contributed by atoms with van der Waals surface area (Å²) in [6.45, 7) is 0. The van der Waals surface area contributed by atoms with E-state index in [0.29, 0.717) is 0 Å². The second-order valence-electron chi connectivity index (χ2n) is 2.07. The molecule has 0 aliphatic rings. The number of carbonyl (C=O) groups is 2. The average molecular weight is 208 g/mol. The zero-order valence-electron chi connectivity index (χ0n) is 5.74. The molecule has 0 aromatic rings. The fourth-order valence-corrected chi connectivity index (χ4v) is 0.420. The minimum atomic E-state index is -6.13. The van der Waals surface area contributed by atoms with Crippen LogP contribution in [-0.4, -0.2) is 30.3 Å². The number of alkyl halides is 6. The molecule has 0 N–H and O–H groups in total. The van der Waals surface area contributed by atoms with Crippen LogP contribution in [0.25, 0.3) is 0 Å². The molecule has 0 spiro atoms. The number of halogens is 6. The molecule has 8 heteroatoms. The average Bonchev–Trinajstić information content (AvgIpc) is 2.00. The Morgan fingerprint density at radius 2 is 1.15 bits per heavy atom. The quantitative estimate of drug-likeness (QED) is 0.517. The molecule has 0 amide bonds. The minimum absolute atomic E-state index is 1.56. The topological polar surface area (TPSA) is 34.1 Å². The van der Waals surface area contributed by atoms with Crippen molar-refractivity contribution in [3.8, 4) is 0 Å². The highest BCUT2D eigenvalue weighted by atomic mass is 19.4. The van der Waals surface area contributed by atoms with Crippen molar-refractivity contribution < 1.29 is 35.9 Å². The summed E-state index contributed by atoms with van der Waals surface area (Å²) in [5, 5.41) is 0. The lowest BCUT2D eigenvalue weighted by Gasteiger charge is -2.26. The van der Waals surface area contributed by atoms with Gasteiger partial charge in [-0.3, -0.25) is 9.59 Å². The molecular weight excluding hydrogens is 206 g/mol. The van der Waals surface area contributed by atoms with Gasteiger partial charge < -0.3 is 0 Å². The highest BCUT2D eigenvalue weighted by molar-refractivity contribution is 5.77. The van der Waals surface area contributed by atoms with Crippen LogP contribution in [0.2, 0.25) is 0 Å². The predicted molar refractivity (Wildman–Crippen MR) is 27.0 cm³/mol. The third-order valence-corrected chi connectivity index (χ3v) is 1.21. The maximum absolute atomic E-state index is 12.3. The second-order valence-corrected chi connectivity index (χ2v) is 2.07. The molecule has 1 atom stereocenters. The minimum Gasteiger partial charge on any atom is -0.299 e. The van der Waals surface area contributed by atoms with Crippen LogP contribution in [-0.2, 0) is 9.59 Å². The first-order chi connectivity index (χ1) is 5.62. The van der Waals surface area contributed by atoms with Crippen molar-refractivity contribution >= 4 is 12.6 Å². The molecule has 0 bridgehead atoms. The monoisotopic (exact) mass is 208 g/mol. The molecule has 0 aromatic carbocycles. The van der Waals surface area contributed by atoms with E-state index < -0.39 is 30.3 Å². The van der Waals surface area contributed by atoms with Gasteiger partial charge in [0.1, 0.15) is 0 Å². The van der Waals surface area contributed by atoms with Crippen LogP contribution in [0.4, 0.5) is 26.3 Å². The summed E-state index contributed by atoms with van der Waals surface area (Å²) in [6, 6.07) is 0. The number of carbonyl (C=O) groups excluding carboxylic acids is 2. The van der Waals surface area contributed by atoms with Crippen LogP contribution >= 0.6 is 0 Å². The number of aldehydes is 2. The maximum atomic E-state index is 12.3. The first-order valence-corrected chi connectivity index (χ1v) is 2.68. The van der Waals surface area contributed by atoms with Crippen molar-refractivity contribution in [2.45, 2.75) is 17.8 Å². The van der Waals surface area contributed by atoms with Gasteiger partial charge >= 0.3 is 17.8 Å². The van der Waals surface area contributed by atoms with E-state index in [1.54, 1.807) is 0 Å². The van der Waals surface area contributed by atoms with Crippen molar-refractivity contribution in [3.05, 3.63) is 0 Å². The van der Waals surface area contributed by atoms with Crippen LogP contribution in [0.5, 0.6) is 0 Å². The standard InChI is InChI=1S/C5H2F6O2/c6-3(1-12,5(9,10)11)4(7,8)2-13/h1-2H. The number of hydrogen-bond acceptors (Lipinski definition) is 2. The van der Waals surface area contributed by atoms with Gasteiger partial charge in [0, 0.05) is 0 Å². The Morgan fingerprint density at radius 3 is 1.23 bits per heavy atom. The number of rotatable bonds is 3. The zero-order valence-corrected chi connectivity index (χ0v) is 5.74. The fraction of sp³-hybridized carbons (Fsp3) is 0.600. The molecule has 0 aromatic heterocycles. The Balaban J connectivity index is 5.30. The normalized spacial score (nSPS) is 17.7. The van der Waals surface area contributed by atoms with Crippen LogP contribution in [0, 0.1) is 0 Å². The summed E-state index contributed by atoms with van der Waals surface area (Å²) in [6.07, 6.45) is -9.32. The molecule has 0 fully saturated rings. The molecule has 76 valence electrons. The van der Waals surface area contributed by atoms with Gasteiger partial charge in [0.2, 0.25) is 0 Å². The van der Waals surface area contributed by atoms with Crippen LogP contribution < -0.4 is 0 Å². The van der Waals surface area contributed by atoms with Gasteiger partial charge in [0.15, 0.2) is 12.6 Å². The Morgan fingerprint density at radius 1 is 0.769 bits per heavy atom. The van der Waals surface area contributed by atoms with Gasteiger partial charge in [-0.15, -0.1) is 0 Å². The molecule has 1 unspecified atom stereocenters. The summed E-state index contributed by atoms with van der Waals surface area (Å²) in [4.78, 5) is 19.0. The Hall–Kier alpha value is -1.08. The first-order valence-electron chi connectivity index (χ1n) is 2.68. The molecular formula is C5H2F6O2. The second kappa shape index (κ2) is 3.00. The van der Waals surface area contributed by atoms with E-state index in [2.05, 4.69) is 0 Å². The lowest BCUT2D eigenvalue weighted by atomic mass is 10.0. The van der Waals surface area contributed by atoms with Crippen LogP contribution in [0.15, 0.2) is 0 Å². The first kappa shape index (κ1) is 11.9. The highest BCUT2D eigenvalue weighted by Crippen LogP contribution is 2.42. The van der Waals surface area contributed by atoms with Crippen molar-refractivity contribution in [1.82, 2.24) is 0 Å². The Kier molecular flexibility index (Phi) is 2.75. The molecule has 0 radical (unpaired) electrons. The summed E-state index contributed by atoms with van der Waals surface area (Å²) in [5.41, 5.74) is -5.46. The van der Waals surface area contributed by atoms with Crippen molar-refractivity contribution in [2.24, 2.45) is 0 Å². The molecule has 0 aliphatic heterocycles. The molecule has 0 saturated carbocycles. The van der Waals surface area contributed by atoms with E-state index in [-0.39, 0.29) is 0 Å². The van der Waals surface area contributed by atoms with Gasteiger partial charge in [-0.1, -0.05) is 0 Å².